The molecular formula is C22H27N3O. The SMILES string of the molecule is CNC(C)(C)CN(C)C(=O)c1cccc2ccn(Cc3ccccc3)c12. The van der Waals surface area contributed by atoms with Gasteiger partial charge in [0.25, 0.3) is 5.91 Å². The molecule has 4 nitrogen and oxygen atoms in total. The molecule has 2 aromatic carbocycles. The largest absolute Gasteiger partial charge is 0.342 e. The third kappa shape index (κ3) is 3.81. The first-order valence-corrected chi connectivity index (χ1v) is 8.97. The highest BCUT2D eigenvalue weighted by molar-refractivity contribution is 6.06. The Morgan fingerprint density at radius 1 is 1.08 bits per heavy atom. The Kier molecular flexibility index (Phi) is 5.14. The standard InChI is InChI=1S/C22H27N3O/c1-22(2,23-3)16-24(4)21(26)19-12-8-11-18-13-14-25(20(18)19)15-17-9-6-5-7-10-17/h5-14,23H,15-16H2,1-4H3. The van der Waals surface area contributed by atoms with Crippen LogP contribution in [0, 0.1) is 0 Å². The van der Waals surface area contributed by atoms with Crippen LogP contribution in [0.3, 0.4) is 0 Å². The van der Waals surface area contributed by atoms with Gasteiger partial charge in [0.15, 0.2) is 0 Å². The van der Waals surface area contributed by atoms with Crippen LogP contribution in [-0.2, 0) is 6.54 Å². The van der Waals surface area contributed by atoms with Gasteiger partial charge in [0, 0.05) is 37.3 Å². The molecular weight excluding hydrogens is 322 g/mol. The maximum absolute atomic E-state index is 13.1. The lowest BCUT2D eigenvalue weighted by Crippen LogP contribution is -2.48. The van der Waals surface area contributed by atoms with E-state index in [4.69, 9.17) is 0 Å². The van der Waals surface area contributed by atoms with Crippen LogP contribution in [0.15, 0.2) is 60.8 Å². The predicted molar refractivity (Wildman–Crippen MR) is 108 cm³/mol. The first kappa shape index (κ1) is 18.2. The Morgan fingerprint density at radius 3 is 2.50 bits per heavy atom. The Morgan fingerprint density at radius 2 is 1.81 bits per heavy atom. The molecule has 0 fully saturated rings. The number of hydrogen-bond acceptors (Lipinski definition) is 2. The lowest BCUT2D eigenvalue weighted by molar-refractivity contribution is 0.0761. The second-order valence-electron chi connectivity index (χ2n) is 7.47. The first-order chi connectivity index (χ1) is 12.4. The van der Waals surface area contributed by atoms with E-state index < -0.39 is 0 Å². The summed E-state index contributed by atoms with van der Waals surface area (Å²) in [4.78, 5) is 14.9. The molecule has 0 saturated carbocycles. The van der Waals surface area contributed by atoms with E-state index in [9.17, 15) is 4.79 Å². The zero-order chi connectivity index (χ0) is 18.7. The number of hydrogen-bond donors (Lipinski definition) is 1. The molecule has 1 amide bonds. The molecule has 3 rings (SSSR count). The molecule has 0 atom stereocenters. The van der Waals surface area contributed by atoms with Crippen molar-refractivity contribution in [2.45, 2.75) is 25.9 Å². The van der Waals surface area contributed by atoms with E-state index in [0.29, 0.717) is 6.54 Å². The molecule has 1 aromatic heterocycles. The second kappa shape index (κ2) is 7.34. The lowest BCUT2D eigenvalue weighted by Gasteiger charge is -2.30. The van der Waals surface area contributed by atoms with Crippen molar-refractivity contribution in [1.29, 1.82) is 0 Å². The molecule has 0 saturated heterocycles. The van der Waals surface area contributed by atoms with Crippen LogP contribution in [0.4, 0.5) is 0 Å². The molecule has 0 unspecified atom stereocenters. The zero-order valence-corrected chi connectivity index (χ0v) is 16.0. The molecule has 3 aromatic rings. The average Bonchev–Trinajstić information content (AvgIpc) is 3.04. The molecule has 0 aliphatic carbocycles. The summed E-state index contributed by atoms with van der Waals surface area (Å²) in [7, 11) is 3.79. The summed E-state index contributed by atoms with van der Waals surface area (Å²) in [6, 6.07) is 18.3. The van der Waals surface area contributed by atoms with Crippen LogP contribution in [0.5, 0.6) is 0 Å². The minimum atomic E-state index is -0.135. The molecule has 4 heteroatoms. The summed E-state index contributed by atoms with van der Waals surface area (Å²) in [6.07, 6.45) is 2.06. The second-order valence-corrected chi connectivity index (χ2v) is 7.47. The Bertz CT molecular complexity index is 896. The van der Waals surface area contributed by atoms with Gasteiger partial charge < -0.3 is 14.8 Å². The Labute approximate surface area is 155 Å². The predicted octanol–water partition coefficient (Wildman–Crippen LogP) is 3.76. The molecule has 0 aliphatic heterocycles. The highest BCUT2D eigenvalue weighted by Gasteiger charge is 2.23. The number of likely N-dealkylation sites (N-methyl/N-ethyl adjacent to an activating group) is 2. The van der Waals surface area contributed by atoms with Crippen molar-refractivity contribution in [3.63, 3.8) is 0 Å². The van der Waals surface area contributed by atoms with Gasteiger partial charge in [-0.15, -0.1) is 0 Å². The van der Waals surface area contributed by atoms with E-state index in [1.54, 1.807) is 4.90 Å². The summed E-state index contributed by atoms with van der Waals surface area (Å²) in [6.45, 7) is 5.57. The van der Waals surface area contributed by atoms with Gasteiger partial charge in [-0.3, -0.25) is 4.79 Å². The van der Waals surface area contributed by atoms with E-state index in [0.717, 1.165) is 23.0 Å². The smallest absolute Gasteiger partial charge is 0.255 e. The van der Waals surface area contributed by atoms with Crippen LogP contribution in [0.1, 0.15) is 29.8 Å². The monoisotopic (exact) mass is 349 g/mol. The summed E-state index contributed by atoms with van der Waals surface area (Å²) in [5.41, 5.74) is 2.83. The van der Waals surface area contributed by atoms with Gasteiger partial charge in [-0.05, 0) is 38.6 Å². The van der Waals surface area contributed by atoms with Crippen LogP contribution in [-0.4, -0.2) is 41.6 Å². The van der Waals surface area contributed by atoms with Crippen LogP contribution in [0.25, 0.3) is 10.9 Å². The quantitative estimate of drug-likeness (QED) is 0.736. The fourth-order valence-electron chi connectivity index (χ4n) is 3.30. The van der Waals surface area contributed by atoms with Crippen molar-refractivity contribution < 1.29 is 4.79 Å². The fraction of sp³-hybridized carbons (Fsp3) is 0.318. The summed E-state index contributed by atoms with van der Waals surface area (Å²) < 4.78 is 2.16. The van der Waals surface area contributed by atoms with E-state index in [-0.39, 0.29) is 11.4 Å². The number of nitrogens with one attached hydrogen (secondary N) is 1. The number of amides is 1. The Balaban J connectivity index is 1.96. The van der Waals surface area contributed by atoms with E-state index in [2.05, 4.69) is 54.2 Å². The van der Waals surface area contributed by atoms with Crippen LogP contribution < -0.4 is 5.32 Å². The molecule has 0 radical (unpaired) electrons. The number of carbonyl (C=O) groups is 1. The third-order valence-electron chi connectivity index (χ3n) is 4.87. The molecule has 0 spiro atoms. The van der Waals surface area contributed by atoms with E-state index in [1.807, 2.05) is 44.4 Å². The minimum Gasteiger partial charge on any atom is -0.342 e. The van der Waals surface area contributed by atoms with Gasteiger partial charge in [-0.1, -0.05) is 42.5 Å². The van der Waals surface area contributed by atoms with Crippen molar-refractivity contribution in [2.24, 2.45) is 0 Å². The number of rotatable bonds is 6. The highest BCUT2D eigenvalue weighted by atomic mass is 16.2. The molecule has 1 heterocycles. The van der Waals surface area contributed by atoms with Crippen molar-refractivity contribution in [2.75, 3.05) is 20.6 Å². The molecule has 26 heavy (non-hydrogen) atoms. The zero-order valence-electron chi connectivity index (χ0n) is 16.0. The van der Waals surface area contributed by atoms with Gasteiger partial charge in [-0.2, -0.15) is 0 Å². The average molecular weight is 349 g/mol. The Hall–Kier alpha value is -2.59. The maximum Gasteiger partial charge on any atom is 0.255 e. The maximum atomic E-state index is 13.1. The number of para-hydroxylation sites is 1. The highest BCUT2D eigenvalue weighted by Crippen LogP contribution is 2.23. The molecule has 136 valence electrons. The first-order valence-electron chi connectivity index (χ1n) is 8.97. The van der Waals surface area contributed by atoms with E-state index in [1.165, 1.54) is 5.56 Å². The fourth-order valence-corrected chi connectivity index (χ4v) is 3.30. The van der Waals surface area contributed by atoms with Crippen molar-refractivity contribution in [3.05, 3.63) is 71.9 Å². The van der Waals surface area contributed by atoms with Gasteiger partial charge >= 0.3 is 0 Å². The van der Waals surface area contributed by atoms with Crippen LogP contribution in [0.2, 0.25) is 0 Å². The molecule has 0 bridgehead atoms. The molecule has 1 N–H and O–H groups in total. The third-order valence-corrected chi connectivity index (χ3v) is 4.87. The number of carbonyl (C=O) groups excluding carboxylic acids is 1. The van der Waals surface area contributed by atoms with Gasteiger partial charge in [-0.25, -0.2) is 0 Å². The van der Waals surface area contributed by atoms with Gasteiger partial charge in [0.1, 0.15) is 0 Å². The normalized spacial score (nSPS) is 11.7. The number of nitrogens with zero attached hydrogens (tertiary/aromatic N) is 2. The van der Waals surface area contributed by atoms with Crippen molar-refractivity contribution in [3.8, 4) is 0 Å². The number of fused-ring (bicyclic) bond motifs is 1. The van der Waals surface area contributed by atoms with E-state index >= 15 is 0 Å². The number of benzene rings is 2. The van der Waals surface area contributed by atoms with Gasteiger partial charge in [0.2, 0.25) is 0 Å². The van der Waals surface area contributed by atoms with Crippen molar-refractivity contribution in [1.82, 2.24) is 14.8 Å². The summed E-state index contributed by atoms with van der Waals surface area (Å²) in [5.74, 6) is 0.0481. The van der Waals surface area contributed by atoms with Crippen LogP contribution >= 0.6 is 0 Å². The minimum absolute atomic E-state index is 0.0481. The van der Waals surface area contributed by atoms with Crippen molar-refractivity contribution >= 4 is 16.8 Å². The molecule has 0 aliphatic rings. The van der Waals surface area contributed by atoms with Gasteiger partial charge in [0.05, 0.1) is 11.1 Å². The summed E-state index contributed by atoms with van der Waals surface area (Å²) in [5, 5.41) is 4.35. The lowest BCUT2D eigenvalue weighted by atomic mass is 10.0. The number of aromatic nitrogens is 1. The topological polar surface area (TPSA) is 37.3 Å². The summed E-state index contributed by atoms with van der Waals surface area (Å²) >= 11 is 0.